The summed E-state index contributed by atoms with van der Waals surface area (Å²) < 4.78 is 16.6. The fraction of sp³-hybridized carbons (Fsp3) is 0.250. The van der Waals surface area contributed by atoms with E-state index in [1.807, 2.05) is 10.4 Å². The number of nitrogens with zero attached hydrogens (tertiary/aromatic N) is 3. The molecule has 1 unspecified atom stereocenters. The van der Waals surface area contributed by atoms with Crippen molar-refractivity contribution in [2.45, 2.75) is 17.4 Å². The Labute approximate surface area is 142 Å². The van der Waals surface area contributed by atoms with Crippen molar-refractivity contribution in [3.63, 3.8) is 0 Å². The van der Waals surface area contributed by atoms with Crippen LogP contribution in [-0.4, -0.2) is 43.8 Å². The number of nitrogens with two attached hydrogens (primary N) is 1. The molecule has 0 radical (unpaired) electrons. The zero-order chi connectivity index (χ0) is 16.7. The van der Waals surface area contributed by atoms with Gasteiger partial charge in [-0.15, -0.1) is 0 Å². The van der Waals surface area contributed by atoms with Gasteiger partial charge in [0.2, 0.25) is 0 Å². The Balaban J connectivity index is 1.62. The van der Waals surface area contributed by atoms with E-state index in [0.29, 0.717) is 29.1 Å². The number of aromatic nitrogens is 3. The van der Waals surface area contributed by atoms with Crippen molar-refractivity contribution in [1.29, 1.82) is 0 Å². The Morgan fingerprint density at radius 3 is 2.96 bits per heavy atom. The van der Waals surface area contributed by atoms with E-state index < -0.39 is 0 Å². The second-order valence-electron chi connectivity index (χ2n) is 5.76. The number of hydrogen-bond acceptors (Lipinski definition) is 6. The summed E-state index contributed by atoms with van der Waals surface area (Å²) in [6, 6.07) is 8.60. The quantitative estimate of drug-likeness (QED) is 0.632. The molecule has 1 aromatic carbocycles. The zero-order valence-corrected chi connectivity index (χ0v) is 13.6. The summed E-state index contributed by atoms with van der Waals surface area (Å²) >= 11 is 1.46. The van der Waals surface area contributed by atoms with E-state index in [1.54, 1.807) is 18.2 Å². The maximum absolute atomic E-state index is 14.5. The van der Waals surface area contributed by atoms with Crippen molar-refractivity contribution in [2.24, 2.45) is 0 Å². The molecule has 1 atom stereocenters. The van der Waals surface area contributed by atoms with Crippen LogP contribution in [0.2, 0.25) is 0 Å². The molecule has 0 bridgehead atoms. The van der Waals surface area contributed by atoms with Crippen LogP contribution in [0, 0.1) is 5.82 Å². The number of H-pyrrole nitrogens is 1. The van der Waals surface area contributed by atoms with Crippen LogP contribution in [0.15, 0.2) is 35.2 Å². The molecule has 1 saturated heterocycles. The number of nitrogen functional groups attached to an aromatic ring is 1. The number of aliphatic hydroxyl groups excluding tert-OH is 1. The van der Waals surface area contributed by atoms with E-state index in [9.17, 15) is 9.50 Å². The Kier molecular flexibility index (Phi) is 3.87. The minimum Gasteiger partial charge on any atom is -0.392 e. The molecular weight excluding hydrogens is 329 g/mol. The average molecular weight is 345 g/mol. The van der Waals surface area contributed by atoms with E-state index in [2.05, 4.69) is 15.2 Å². The fourth-order valence-electron chi connectivity index (χ4n) is 2.77. The first-order valence-corrected chi connectivity index (χ1v) is 8.39. The van der Waals surface area contributed by atoms with Gasteiger partial charge in [-0.25, -0.2) is 13.7 Å². The van der Waals surface area contributed by atoms with Crippen molar-refractivity contribution in [3.8, 4) is 11.3 Å². The van der Waals surface area contributed by atoms with Gasteiger partial charge in [0, 0.05) is 23.5 Å². The highest BCUT2D eigenvalue weighted by atomic mass is 32.2. The molecule has 3 aromatic rings. The summed E-state index contributed by atoms with van der Waals surface area (Å²) in [6.45, 7) is 1.40. The molecule has 8 heteroatoms. The van der Waals surface area contributed by atoms with Gasteiger partial charge in [-0.3, -0.25) is 5.10 Å². The molecule has 3 heterocycles. The lowest BCUT2D eigenvalue weighted by molar-refractivity contribution is 0.190. The molecular formula is C16H16FN5OS. The zero-order valence-electron chi connectivity index (χ0n) is 12.7. The van der Waals surface area contributed by atoms with E-state index in [-0.39, 0.29) is 11.9 Å². The first-order valence-electron chi connectivity index (χ1n) is 7.61. The van der Waals surface area contributed by atoms with Crippen molar-refractivity contribution in [2.75, 3.05) is 18.8 Å². The molecule has 124 valence electrons. The second-order valence-corrected chi connectivity index (χ2v) is 6.94. The molecule has 1 aliphatic heterocycles. The molecule has 2 aromatic heterocycles. The third-order valence-corrected chi connectivity index (χ3v) is 5.07. The Bertz CT molecular complexity index is 899. The van der Waals surface area contributed by atoms with Crippen LogP contribution in [0.5, 0.6) is 0 Å². The molecule has 1 fully saturated rings. The maximum Gasteiger partial charge on any atom is 0.171 e. The number of β-amino-alcohol motifs (C(OH)–C–C–N with tert-alkyl or cyclic N) is 1. The number of anilines is 1. The minimum atomic E-state index is -0.339. The van der Waals surface area contributed by atoms with Gasteiger partial charge >= 0.3 is 0 Å². The number of aromatic amines is 1. The van der Waals surface area contributed by atoms with Gasteiger partial charge in [-0.2, -0.15) is 5.10 Å². The largest absolute Gasteiger partial charge is 0.392 e. The Hall–Kier alpha value is -2.16. The van der Waals surface area contributed by atoms with Gasteiger partial charge in [0.1, 0.15) is 11.3 Å². The number of rotatable bonds is 3. The van der Waals surface area contributed by atoms with Gasteiger partial charge < -0.3 is 10.8 Å². The van der Waals surface area contributed by atoms with Crippen LogP contribution in [-0.2, 0) is 0 Å². The third kappa shape index (κ3) is 2.83. The van der Waals surface area contributed by atoms with Gasteiger partial charge in [0.15, 0.2) is 5.82 Å². The monoisotopic (exact) mass is 345 g/mol. The van der Waals surface area contributed by atoms with Gasteiger partial charge in [0.05, 0.1) is 17.3 Å². The first kappa shape index (κ1) is 15.4. The molecule has 0 amide bonds. The third-order valence-electron chi connectivity index (χ3n) is 4.01. The number of pyridine rings is 1. The first-order chi connectivity index (χ1) is 11.6. The maximum atomic E-state index is 14.5. The second kappa shape index (κ2) is 6.04. The Morgan fingerprint density at radius 1 is 1.33 bits per heavy atom. The molecule has 6 nitrogen and oxygen atoms in total. The number of halogens is 1. The smallest absolute Gasteiger partial charge is 0.171 e. The fourth-order valence-corrected chi connectivity index (χ4v) is 3.80. The summed E-state index contributed by atoms with van der Waals surface area (Å²) in [5, 5.41) is 16.2. The molecule has 0 aliphatic carbocycles. The number of fused-ring (bicyclic) bond motifs is 1. The van der Waals surface area contributed by atoms with Gasteiger partial charge in [-0.05, 0) is 48.7 Å². The highest BCUT2D eigenvalue weighted by Gasteiger charge is 2.21. The number of aliphatic hydroxyl groups is 1. The number of hydrogen-bond donors (Lipinski definition) is 3. The normalized spacial score (nSPS) is 18.5. The van der Waals surface area contributed by atoms with Gasteiger partial charge in [-0.1, -0.05) is 0 Å². The number of benzene rings is 1. The molecule has 4 rings (SSSR count). The lowest BCUT2D eigenvalue weighted by Gasteiger charge is -2.14. The van der Waals surface area contributed by atoms with Crippen molar-refractivity contribution < 1.29 is 9.50 Å². The van der Waals surface area contributed by atoms with Crippen molar-refractivity contribution in [3.05, 3.63) is 36.1 Å². The molecule has 0 spiro atoms. The van der Waals surface area contributed by atoms with Crippen LogP contribution in [0.4, 0.5) is 10.2 Å². The lowest BCUT2D eigenvalue weighted by Crippen LogP contribution is -2.14. The summed E-state index contributed by atoms with van der Waals surface area (Å²) in [5.74, 6) is -0.0410. The van der Waals surface area contributed by atoms with Crippen LogP contribution in [0.1, 0.15) is 6.42 Å². The van der Waals surface area contributed by atoms with E-state index in [1.165, 1.54) is 18.0 Å². The van der Waals surface area contributed by atoms with Crippen molar-refractivity contribution in [1.82, 2.24) is 19.5 Å². The van der Waals surface area contributed by atoms with E-state index in [0.717, 1.165) is 23.4 Å². The van der Waals surface area contributed by atoms with E-state index in [4.69, 9.17) is 5.73 Å². The highest BCUT2D eigenvalue weighted by molar-refractivity contribution is 7.97. The van der Waals surface area contributed by atoms with E-state index >= 15 is 0 Å². The predicted molar refractivity (Wildman–Crippen MR) is 91.7 cm³/mol. The highest BCUT2D eigenvalue weighted by Crippen LogP contribution is 2.31. The number of nitrogens with one attached hydrogen (secondary N) is 1. The summed E-state index contributed by atoms with van der Waals surface area (Å²) in [4.78, 5) is 5.20. The summed E-state index contributed by atoms with van der Waals surface area (Å²) in [5.41, 5.74) is 7.95. The van der Waals surface area contributed by atoms with Crippen LogP contribution >= 0.6 is 11.9 Å². The predicted octanol–water partition coefficient (Wildman–Crippen LogP) is 2.42. The Morgan fingerprint density at radius 2 is 2.21 bits per heavy atom. The molecule has 4 N–H and O–H groups in total. The van der Waals surface area contributed by atoms with Gasteiger partial charge in [0.25, 0.3) is 0 Å². The summed E-state index contributed by atoms with van der Waals surface area (Å²) in [7, 11) is 0. The lowest BCUT2D eigenvalue weighted by atomic mass is 10.1. The molecule has 0 saturated carbocycles. The minimum absolute atomic E-state index is 0.294. The standard InChI is InChI=1S/C16H16FN5OS/c17-12-7-10(24-22-6-5-9(23)8-22)1-2-11(12)13-3-4-14-15(19-13)16(18)21-20-14/h1-4,7,9,23H,5-6,8H2,(H3,18,20,21). The van der Waals surface area contributed by atoms with Crippen LogP contribution < -0.4 is 5.73 Å². The summed E-state index contributed by atoms with van der Waals surface area (Å²) in [6.07, 6.45) is 0.460. The molecule has 24 heavy (non-hydrogen) atoms. The average Bonchev–Trinajstić information content (AvgIpc) is 3.13. The topological polar surface area (TPSA) is 91.1 Å². The van der Waals surface area contributed by atoms with Crippen LogP contribution in [0.25, 0.3) is 22.3 Å². The van der Waals surface area contributed by atoms with Crippen LogP contribution in [0.3, 0.4) is 0 Å². The van der Waals surface area contributed by atoms with Crippen molar-refractivity contribution >= 4 is 28.8 Å². The molecule has 1 aliphatic rings. The SMILES string of the molecule is Nc1n[nH]c2ccc(-c3ccc(SN4CCC(O)C4)cc3F)nc12.